The number of aliphatic hydroxyl groups is 1. The van der Waals surface area contributed by atoms with Crippen molar-refractivity contribution in [2.24, 2.45) is 0 Å². The molecule has 0 atom stereocenters. The molecule has 2 aromatic rings. The maximum Gasteiger partial charge on any atom is 0.167 e. The number of rotatable bonds is 3. The van der Waals surface area contributed by atoms with Crippen LogP contribution in [0.25, 0.3) is 11.3 Å². The molecule has 1 aromatic heterocycles. The first-order valence-corrected chi connectivity index (χ1v) is 5.44. The molecule has 0 saturated heterocycles. The van der Waals surface area contributed by atoms with E-state index in [0.29, 0.717) is 11.5 Å². The summed E-state index contributed by atoms with van der Waals surface area (Å²) in [5.74, 6) is 1.37. The second-order valence-corrected chi connectivity index (χ2v) is 4.04. The van der Waals surface area contributed by atoms with Crippen LogP contribution in [-0.2, 0) is 6.61 Å². The molecule has 0 unspecified atom stereocenters. The van der Waals surface area contributed by atoms with Crippen molar-refractivity contribution in [2.75, 3.05) is 7.11 Å². The summed E-state index contributed by atoms with van der Waals surface area (Å²) in [6.07, 6.45) is 0. The van der Waals surface area contributed by atoms with E-state index in [-0.39, 0.29) is 6.61 Å². The minimum absolute atomic E-state index is 0.124. The highest BCUT2D eigenvalue weighted by atomic mass is 79.9. The maximum atomic E-state index is 8.88. The predicted molar refractivity (Wildman–Crippen MR) is 62.1 cm³/mol. The number of halogens is 1. The van der Waals surface area contributed by atoms with Gasteiger partial charge in [-0.05, 0) is 34.1 Å². The lowest BCUT2D eigenvalue weighted by Crippen LogP contribution is -1.84. The monoisotopic (exact) mass is 283 g/mol. The highest BCUT2D eigenvalue weighted by Gasteiger charge is 2.08. The fraction of sp³-hybridized carbons (Fsp3) is 0.182. The molecule has 2 rings (SSSR count). The average molecular weight is 284 g/mol. The largest absolute Gasteiger partial charge is 0.496 e. The molecule has 0 bridgehead atoms. The van der Waals surface area contributed by atoms with Gasteiger partial charge in [0.15, 0.2) is 5.76 Å². The first-order valence-electron chi connectivity index (χ1n) is 4.65. The van der Waals surface area contributed by atoms with E-state index in [9.17, 15) is 0 Å². The molecule has 16 heavy (non-hydrogen) atoms. The molecule has 0 aliphatic carbocycles. The van der Waals surface area contributed by atoms with E-state index in [1.165, 1.54) is 0 Å². The highest BCUT2D eigenvalue weighted by molar-refractivity contribution is 9.10. The Hall–Kier alpha value is -1.33. The normalized spacial score (nSPS) is 10.4. The van der Waals surface area contributed by atoms with Crippen molar-refractivity contribution in [1.29, 1.82) is 0 Å². The molecule has 5 heteroatoms. The number of benzene rings is 1. The molecule has 0 amide bonds. The van der Waals surface area contributed by atoms with Crippen LogP contribution < -0.4 is 4.74 Å². The van der Waals surface area contributed by atoms with Gasteiger partial charge in [0, 0.05) is 11.6 Å². The SMILES string of the molecule is COc1ccc(-c2cc(CO)no2)cc1Br. The van der Waals surface area contributed by atoms with Gasteiger partial charge >= 0.3 is 0 Å². The van der Waals surface area contributed by atoms with Crippen molar-refractivity contribution < 1.29 is 14.4 Å². The van der Waals surface area contributed by atoms with Crippen molar-refractivity contribution in [3.05, 3.63) is 34.4 Å². The zero-order chi connectivity index (χ0) is 11.5. The van der Waals surface area contributed by atoms with Gasteiger partial charge in [-0.25, -0.2) is 0 Å². The predicted octanol–water partition coefficient (Wildman–Crippen LogP) is 2.61. The fourth-order valence-corrected chi connectivity index (χ4v) is 1.88. The first-order chi connectivity index (χ1) is 7.74. The van der Waals surface area contributed by atoms with E-state index in [1.54, 1.807) is 13.2 Å². The zero-order valence-electron chi connectivity index (χ0n) is 8.61. The number of aromatic nitrogens is 1. The molecule has 84 valence electrons. The lowest BCUT2D eigenvalue weighted by molar-refractivity contribution is 0.267. The van der Waals surface area contributed by atoms with Gasteiger partial charge in [0.25, 0.3) is 0 Å². The van der Waals surface area contributed by atoms with Gasteiger partial charge < -0.3 is 14.4 Å². The third-order valence-electron chi connectivity index (χ3n) is 2.16. The van der Waals surface area contributed by atoms with Crippen LogP contribution in [0.1, 0.15) is 5.69 Å². The number of methoxy groups -OCH3 is 1. The van der Waals surface area contributed by atoms with E-state index in [0.717, 1.165) is 15.8 Å². The Morgan fingerprint density at radius 2 is 2.25 bits per heavy atom. The summed E-state index contributed by atoms with van der Waals surface area (Å²) in [6.45, 7) is -0.124. The van der Waals surface area contributed by atoms with Crippen LogP contribution in [0.15, 0.2) is 33.3 Å². The lowest BCUT2D eigenvalue weighted by atomic mass is 10.1. The number of nitrogens with zero attached hydrogens (tertiary/aromatic N) is 1. The molecule has 1 aromatic carbocycles. The Labute approximate surface area is 101 Å². The van der Waals surface area contributed by atoms with Crippen molar-refractivity contribution in [3.63, 3.8) is 0 Å². The van der Waals surface area contributed by atoms with Crippen LogP contribution in [0.4, 0.5) is 0 Å². The van der Waals surface area contributed by atoms with Gasteiger partial charge in [-0.1, -0.05) is 5.16 Å². The third-order valence-corrected chi connectivity index (χ3v) is 2.78. The fourth-order valence-electron chi connectivity index (χ4n) is 1.34. The topological polar surface area (TPSA) is 55.5 Å². The van der Waals surface area contributed by atoms with Gasteiger partial charge in [-0.15, -0.1) is 0 Å². The molecule has 0 radical (unpaired) electrons. The molecule has 0 saturated carbocycles. The molecule has 0 aliphatic heterocycles. The molecular formula is C11H10BrNO3. The molecule has 1 N–H and O–H groups in total. The Kier molecular flexibility index (Phi) is 3.26. The first kappa shape index (κ1) is 11.2. The Balaban J connectivity index is 2.37. The van der Waals surface area contributed by atoms with Gasteiger partial charge in [0.1, 0.15) is 11.4 Å². The molecule has 4 nitrogen and oxygen atoms in total. The maximum absolute atomic E-state index is 8.88. The Bertz CT molecular complexity index is 496. The molecule has 0 spiro atoms. The van der Waals surface area contributed by atoms with E-state index >= 15 is 0 Å². The van der Waals surface area contributed by atoms with Crippen LogP contribution in [-0.4, -0.2) is 17.4 Å². The quantitative estimate of drug-likeness (QED) is 0.941. The molecule has 0 fully saturated rings. The van der Waals surface area contributed by atoms with Crippen molar-refractivity contribution in [3.8, 4) is 17.1 Å². The van der Waals surface area contributed by atoms with E-state index in [2.05, 4.69) is 21.1 Å². The van der Waals surface area contributed by atoms with Crippen molar-refractivity contribution >= 4 is 15.9 Å². The summed E-state index contributed by atoms with van der Waals surface area (Å²) in [7, 11) is 1.61. The van der Waals surface area contributed by atoms with Gasteiger partial charge in [-0.3, -0.25) is 0 Å². The highest BCUT2D eigenvalue weighted by Crippen LogP contribution is 2.30. The van der Waals surface area contributed by atoms with Gasteiger partial charge in [0.05, 0.1) is 18.2 Å². The summed E-state index contributed by atoms with van der Waals surface area (Å²) in [6, 6.07) is 7.28. The van der Waals surface area contributed by atoms with Gasteiger partial charge in [-0.2, -0.15) is 0 Å². The summed E-state index contributed by atoms with van der Waals surface area (Å²) < 4.78 is 11.1. The smallest absolute Gasteiger partial charge is 0.167 e. The number of hydrogen-bond donors (Lipinski definition) is 1. The molecule has 0 aliphatic rings. The minimum atomic E-state index is -0.124. The Morgan fingerprint density at radius 1 is 1.44 bits per heavy atom. The summed E-state index contributed by atoms with van der Waals surface area (Å²) in [5, 5.41) is 12.6. The summed E-state index contributed by atoms with van der Waals surface area (Å²) in [5.41, 5.74) is 1.39. The van der Waals surface area contributed by atoms with Crippen LogP contribution in [0.2, 0.25) is 0 Å². The van der Waals surface area contributed by atoms with E-state index in [4.69, 9.17) is 14.4 Å². The number of aliphatic hydroxyl groups excluding tert-OH is 1. The number of hydrogen-bond acceptors (Lipinski definition) is 4. The van der Waals surface area contributed by atoms with Crippen LogP contribution in [0, 0.1) is 0 Å². The van der Waals surface area contributed by atoms with Crippen LogP contribution in [0.3, 0.4) is 0 Å². The number of ether oxygens (including phenoxy) is 1. The Morgan fingerprint density at radius 3 is 2.81 bits per heavy atom. The van der Waals surface area contributed by atoms with E-state index < -0.39 is 0 Å². The zero-order valence-corrected chi connectivity index (χ0v) is 10.2. The minimum Gasteiger partial charge on any atom is -0.496 e. The van der Waals surface area contributed by atoms with Gasteiger partial charge in [0.2, 0.25) is 0 Å². The summed E-state index contributed by atoms with van der Waals surface area (Å²) in [4.78, 5) is 0. The van der Waals surface area contributed by atoms with Crippen LogP contribution >= 0.6 is 15.9 Å². The third kappa shape index (κ3) is 2.10. The van der Waals surface area contributed by atoms with Crippen LogP contribution in [0.5, 0.6) is 5.75 Å². The molecule has 1 heterocycles. The van der Waals surface area contributed by atoms with E-state index in [1.807, 2.05) is 18.2 Å². The molecular weight excluding hydrogens is 274 g/mol. The second kappa shape index (κ2) is 4.67. The second-order valence-electron chi connectivity index (χ2n) is 3.19. The summed E-state index contributed by atoms with van der Waals surface area (Å²) >= 11 is 3.39. The lowest BCUT2D eigenvalue weighted by Gasteiger charge is -2.03. The van der Waals surface area contributed by atoms with Crippen molar-refractivity contribution in [1.82, 2.24) is 5.16 Å². The van der Waals surface area contributed by atoms with Crippen molar-refractivity contribution in [2.45, 2.75) is 6.61 Å². The standard InChI is InChI=1S/C11H10BrNO3/c1-15-10-3-2-7(4-9(10)12)11-5-8(6-14)13-16-11/h2-5,14H,6H2,1H3. The average Bonchev–Trinajstić information content (AvgIpc) is 2.77.